The monoisotopic (exact) mass is 362 g/mol. The average molecular weight is 363 g/mol. The smallest absolute Gasteiger partial charge is 0.239 e. The highest BCUT2D eigenvalue weighted by Crippen LogP contribution is 2.22. The summed E-state index contributed by atoms with van der Waals surface area (Å²) >= 11 is 0. The largest absolute Gasteiger partial charge is 0.340 e. The number of hydrogen-bond donors (Lipinski definition) is 1. The number of nitrogens with zero attached hydrogens (tertiary/aromatic N) is 3. The van der Waals surface area contributed by atoms with Crippen LogP contribution in [0.15, 0.2) is 24.3 Å². The second kappa shape index (κ2) is 8.02. The number of amides is 1. The second-order valence-corrected chi connectivity index (χ2v) is 6.69. The SMILES string of the molecule is Cc1ccccc1-n1nc(C)c(CN(C)C(=O)C2CCCN2)c1C.Cl. The predicted molar refractivity (Wildman–Crippen MR) is 103 cm³/mol. The number of benzene rings is 1. The fourth-order valence-corrected chi connectivity index (χ4v) is 3.42. The molecule has 1 aliphatic heterocycles. The summed E-state index contributed by atoms with van der Waals surface area (Å²) in [5.41, 5.74) is 5.49. The number of carbonyl (C=O) groups excluding carboxylic acids is 1. The van der Waals surface area contributed by atoms with E-state index in [1.54, 1.807) is 0 Å². The lowest BCUT2D eigenvalue weighted by molar-refractivity contribution is -0.132. The maximum absolute atomic E-state index is 12.5. The molecule has 1 aliphatic rings. The van der Waals surface area contributed by atoms with E-state index in [0.717, 1.165) is 42.0 Å². The fourth-order valence-electron chi connectivity index (χ4n) is 3.42. The third-order valence-electron chi connectivity index (χ3n) is 4.91. The van der Waals surface area contributed by atoms with Crippen LogP contribution in [0.5, 0.6) is 0 Å². The van der Waals surface area contributed by atoms with Crippen molar-refractivity contribution in [1.29, 1.82) is 0 Å². The highest BCUT2D eigenvalue weighted by molar-refractivity contribution is 5.85. The van der Waals surface area contributed by atoms with Gasteiger partial charge in [-0.15, -0.1) is 12.4 Å². The molecule has 1 N–H and O–H groups in total. The van der Waals surface area contributed by atoms with Gasteiger partial charge in [-0.2, -0.15) is 5.10 Å². The molecule has 0 spiro atoms. The lowest BCUT2D eigenvalue weighted by atomic mass is 10.1. The molecule has 1 aromatic heterocycles. The Hall–Kier alpha value is -1.85. The molecule has 2 aromatic rings. The normalized spacial score (nSPS) is 16.6. The Labute approximate surface area is 155 Å². The van der Waals surface area contributed by atoms with Gasteiger partial charge in [-0.3, -0.25) is 4.79 Å². The van der Waals surface area contributed by atoms with Crippen molar-refractivity contribution in [2.24, 2.45) is 0 Å². The van der Waals surface area contributed by atoms with Crippen LogP contribution >= 0.6 is 12.4 Å². The van der Waals surface area contributed by atoms with Crippen molar-refractivity contribution in [2.75, 3.05) is 13.6 Å². The lowest BCUT2D eigenvalue weighted by Crippen LogP contribution is -2.41. The molecule has 0 bridgehead atoms. The summed E-state index contributed by atoms with van der Waals surface area (Å²) in [6, 6.07) is 8.21. The van der Waals surface area contributed by atoms with Crippen LogP contribution < -0.4 is 5.32 Å². The minimum absolute atomic E-state index is 0. The van der Waals surface area contributed by atoms with Crippen molar-refractivity contribution in [2.45, 2.75) is 46.2 Å². The van der Waals surface area contributed by atoms with Crippen LogP contribution in [0, 0.1) is 20.8 Å². The summed E-state index contributed by atoms with van der Waals surface area (Å²) in [5.74, 6) is 0.176. The summed E-state index contributed by atoms with van der Waals surface area (Å²) in [5, 5.41) is 7.99. The number of likely N-dealkylation sites (N-methyl/N-ethyl adjacent to an activating group) is 1. The molecular weight excluding hydrogens is 336 g/mol. The Morgan fingerprint density at radius 1 is 1.32 bits per heavy atom. The quantitative estimate of drug-likeness (QED) is 0.909. The number of carbonyl (C=O) groups is 1. The maximum atomic E-state index is 12.5. The summed E-state index contributed by atoms with van der Waals surface area (Å²) < 4.78 is 1.99. The third kappa shape index (κ3) is 3.88. The van der Waals surface area contributed by atoms with E-state index >= 15 is 0 Å². The number of hydrogen-bond acceptors (Lipinski definition) is 3. The number of nitrogens with one attached hydrogen (secondary N) is 1. The first-order valence-corrected chi connectivity index (χ1v) is 8.58. The van der Waals surface area contributed by atoms with Gasteiger partial charge in [0.1, 0.15) is 0 Å². The molecule has 1 fully saturated rings. The predicted octanol–water partition coefficient (Wildman–Crippen LogP) is 2.93. The van der Waals surface area contributed by atoms with Crippen molar-refractivity contribution in [3.63, 3.8) is 0 Å². The van der Waals surface area contributed by atoms with Gasteiger partial charge in [0.05, 0.1) is 17.4 Å². The molecule has 1 atom stereocenters. The van der Waals surface area contributed by atoms with Crippen LogP contribution in [0.25, 0.3) is 5.69 Å². The topological polar surface area (TPSA) is 50.2 Å². The van der Waals surface area contributed by atoms with Gasteiger partial charge in [0.15, 0.2) is 0 Å². The number of aryl methyl sites for hydroxylation is 2. The first-order valence-electron chi connectivity index (χ1n) is 8.58. The minimum atomic E-state index is -0.0259. The Balaban J connectivity index is 0.00000225. The first-order chi connectivity index (χ1) is 11.5. The van der Waals surface area contributed by atoms with Gasteiger partial charge in [-0.1, -0.05) is 18.2 Å². The zero-order chi connectivity index (χ0) is 17.3. The van der Waals surface area contributed by atoms with Crippen LogP contribution in [0.4, 0.5) is 0 Å². The van der Waals surface area contributed by atoms with Gasteiger partial charge in [-0.05, 0) is 51.8 Å². The van der Waals surface area contributed by atoms with E-state index in [4.69, 9.17) is 5.10 Å². The van der Waals surface area contributed by atoms with Crippen molar-refractivity contribution < 1.29 is 4.79 Å². The van der Waals surface area contributed by atoms with Gasteiger partial charge in [-0.25, -0.2) is 4.68 Å². The summed E-state index contributed by atoms with van der Waals surface area (Å²) in [7, 11) is 1.88. The zero-order valence-corrected chi connectivity index (χ0v) is 16.2. The molecule has 1 aromatic carbocycles. The molecule has 1 amide bonds. The molecule has 3 rings (SSSR count). The summed E-state index contributed by atoms with van der Waals surface area (Å²) in [4.78, 5) is 14.4. The van der Waals surface area contributed by atoms with Gasteiger partial charge in [0, 0.05) is 24.8 Å². The van der Waals surface area contributed by atoms with Crippen LogP contribution in [0.2, 0.25) is 0 Å². The van der Waals surface area contributed by atoms with Crippen molar-refractivity contribution in [3.8, 4) is 5.69 Å². The number of rotatable bonds is 4. The molecule has 1 unspecified atom stereocenters. The van der Waals surface area contributed by atoms with Crippen LogP contribution in [0.3, 0.4) is 0 Å². The molecule has 0 saturated carbocycles. The molecule has 2 heterocycles. The highest BCUT2D eigenvalue weighted by atomic mass is 35.5. The first kappa shape index (κ1) is 19.5. The Kier molecular flexibility index (Phi) is 6.25. The average Bonchev–Trinajstić information content (AvgIpc) is 3.19. The van der Waals surface area contributed by atoms with Gasteiger partial charge >= 0.3 is 0 Å². The third-order valence-corrected chi connectivity index (χ3v) is 4.91. The summed E-state index contributed by atoms with van der Waals surface area (Å²) in [6.07, 6.45) is 2.01. The fraction of sp³-hybridized carbons (Fsp3) is 0.474. The maximum Gasteiger partial charge on any atom is 0.239 e. The standard InChI is InChI=1S/C19H26N4O.ClH/c1-13-8-5-6-10-18(13)23-15(3)16(14(2)21-23)12-22(4)19(24)17-9-7-11-20-17;/h5-6,8,10,17,20H,7,9,11-12H2,1-4H3;1H. The van der Waals surface area contributed by atoms with E-state index in [1.807, 2.05) is 35.7 Å². The number of halogens is 1. The second-order valence-electron chi connectivity index (χ2n) is 6.69. The van der Waals surface area contributed by atoms with E-state index in [-0.39, 0.29) is 24.4 Å². The Bertz CT molecular complexity index is 750. The van der Waals surface area contributed by atoms with Crippen LogP contribution in [-0.4, -0.2) is 40.2 Å². The number of para-hydroxylation sites is 1. The van der Waals surface area contributed by atoms with E-state index in [9.17, 15) is 4.79 Å². The van der Waals surface area contributed by atoms with E-state index < -0.39 is 0 Å². The molecule has 0 aliphatic carbocycles. The number of aromatic nitrogens is 2. The molecule has 0 radical (unpaired) electrons. The molecule has 6 heteroatoms. The molecule has 25 heavy (non-hydrogen) atoms. The van der Waals surface area contributed by atoms with Gasteiger partial charge < -0.3 is 10.2 Å². The molecule has 136 valence electrons. The van der Waals surface area contributed by atoms with E-state index in [1.165, 1.54) is 5.56 Å². The zero-order valence-electron chi connectivity index (χ0n) is 15.4. The molecule has 1 saturated heterocycles. The van der Waals surface area contributed by atoms with E-state index in [0.29, 0.717) is 6.54 Å². The summed E-state index contributed by atoms with van der Waals surface area (Å²) in [6.45, 7) is 7.72. The lowest BCUT2D eigenvalue weighted by Gasteiger charge is -2.21. The molecular formula is C19H27ClN4O. The van der Waals surface area contributed by atoms with Crippen LogP contribution in [0.1, 0.15) is 35.4 Å². The Morgan fingerprint density at radius 3 is 2.68 bits per heavy atom. The molecule has 5 nitrogen and oxygen atoms in total. The Morgan fingerprint density at radius 2 is 2.04 bits per heavy atom. The minimum Gasteiger partial charge on any atom is -0.340 e. The van der Waals surface area contributed by atoms with Crippen LogP contribution in [-0.2, 0) is 11.3 Å². The van der Waals surface area contributed by atoms with E-state index in [2.05, 4.69) is 31.3 Å². The van der Waals surface area contributed by atoms with Gasteiger partial charge in [0.2, 0.25) is 5.91 Å². The van der Waals surface area contributed by atoms with Crippen molar-refractivity contribution >= 4 is 18.3 Å². The van der Waals surface area contributed by atoms with Gasteiger partial charge in [0.25, 0.3) is 0 Å². The highest BCUT2D eigenvalue weighted by Gasteiger charge is 2.26. The van der Waals surface area contributed by atoms with Crippen molar-refractivity contribution in [1.82, 2.24) is 20.0 Å². The van der Waals surface area contributed by atoms with Crippen molar-refractivity contribution in [3.05, 3.63) is 46.8 Å².